The van der Waals surface area contributed by atoms with Crippen molar-refractivity contribution in [1.82, 2.24) is 4.98 Å². The molecule has 0 saturated carbocycles. The minimum Gasteiger partial charge on any atom is -0.372 e. The summed E-state index contributed by atoms with van der Waals surface area (Å²) in [6.07, 6.45) is 3.42. The maximum absolute atomic E-state index is 13.7. The molecule has 6 heteroatoms. The molecule has 1 amide bonds. The second-order valence-electron chi connectivity index (χ2n) is 5.88. The van der Waals surface area contributed by atoms with Crippen molar-refractivity contribution in [3.63, 3.8) is 0 Å². The third kappa shape index (κ3) is 3.89. The molecule has 1 aliphatic rings. The van der Waals surface area contributed by atoms with Gasteiger partial charge in [-0.1, -0.05) is 18.2 Å². The molecule has 2 heterocycles. The van der Waals surface area contributed by atoms with Crippen LogP contribution >= 0.6 is 0 Å². The lowest BCUT2D eigenvalue weighted by atomic mass is 10.1. The van der Waals surface area contributed by atoms with E-state index in [0.717, 1.165) is 25.2 Å². The van der Waals surface area contributed by atoms with Crippen LogP contribution in [-0.4, -0.2) is 30.1 Å². The fourth-order valence-electron chi connectivity index (χ4n) is 2.82. The first kappa shape index (κ1) is 16.4. The van der Waals surface area contributed by atoms with E-state index in [0.29, 0.717) is 17.7 Å². The van der Waals surface area contributed by atoms with E-state index in [2.05, 4.69) is 9.88 Å². The number of benzene rings is 1. The van der Waals surface area contributed by atoms with Gasteiger partial charge in [-0.2, -0.15) is 0 Å². The molecule has 2 N–H and O–H groups in total. The summed E-state index contributed by atoms with van der Waals surface area (Å²) in [5, 5.41) is 0. The summed E-state index contributed by atoms with van der Waals surface area (Å²) in [5.74, 6) is 0.0619. The van der Waals surface area contributed by atoms with Gasteiger partial charge in [-0.15, -0.1) is 0 Å². The first-order chi connectivity index (χ1) is 11.6. The van der Waals surface area contributed by atoms with Crippen molar-refractivity contribution in [2.45, 2.75) is 25.6 Å². The summed E-state index contributed by atoms with van der Waals surface area (Å²) in [4.78, 5) is 17.5. The number of piperidine rings is 1. The van der Waals surface area contributed by atoms with Crippen LogP contribution in [0.2, 0.25) is 0 Å². The van der Waals surface area contributed by atoms with Gasteiger partial charge in [-0.3, -0.25) is 4.79 Å². The van der Waals surface area contributed by atoms with Crippen LogP contribution in [0.4, 0.5) is 10.2 Å². The Morgan fingerprint density at radius 3 is 2.88 bits per heavy atom. The van der Waals surface area contributed by atoms with E-state index in [1.165, 1.54) is 12.3 Å². The minimum absolute atomic E-state index is 0.0240. The van der Waals surface area contributed by atoms with Crippen molar-refractivity contribution < 1.29 is 13.9 Å². The van der Waals surface area contributed by atoms with Crippen molar-refractivity contribution in [2.75, 3.05) is 18.0 Å². The fourth-order valence-corrected chi connectivity index (χ4v) is 2.82. The highest BCUT2D eigenvalue weighted by atomic mass is 19.1. The van der Waals surface area contributed by atoms with Crippen LogP contribution in [0.1, 0.15) is 28.8 Å². The van der Waals surface area contributed by atoms with E-state index in [1.807, 2.05) is 0 Å². The van der Waals surface area contributed by atoms with Gasteiger partial charge >= 0.3 is 0 Å². The standard InChI is InChI=1S/C18H20FN3O2/c19-16-6-2-1-4-14(16)12-24-15-5-3-9-22(11-15)17-8-7-13(10-21-17)18(20)23/h1-2,4,6-8,10,15H,3,5,9,11-12H2,(H2,20,23)/t15-/m0/s1. The van der Waals surface area contributed by atoms with E-state index in [1.54, 1.807) is 30.3 Å². The third-order valence-corrected chi connectivity index (χ3v) is 4.17. The molecule has 1 atom stereocenters. The zero-order valence-corrected chi connectivity index (χ0v) is 13.3. The second kappa shape index (κ2) is 7.40. The summed E-state index contributed by atoms with van der Waals surface area (Å²) in [6.45, 7) is 1.83. The summed E-state index contributed by atoms with van der Waals surface area (Å²) in [7, 11) is 0. The Morgan fingerprint density at radius 2 is 2.17 bits per heavy atom. The van der Waals surface area contributed by atoms with Crippen LogP contribution in [0.3, 0.4) is 0 Å². The zero-order chi connectivity index (χ0) is 16.9. The lowest BCUT2D eigenvalue weighted by Crippen LogP contribution is -2.40. The molecule has 1 fully saturated rings. The summed E-state index contributed by atoms with van der Waals surface area (Å²) < 4.78 is 19.5. The summed E-state index contributed by atoms with van der Waals surface area (Å²) in [6, 6.07) is 10.1. The van der Waals surface area contributed by atoms with Crippen LogP contribution in [0.25, 0.3) is 0 Å². The predicted octanol–water partition coefficient (Wildman–Crippen LogP) is 2.51. The number of pyridine rings is 1. The topological polar surface area (TPSA) is 68.5 Å². The average Bonchev–Trinajstić information content (AvgIpc) is 2.61. The lowest BCUT2D eigenvalue weighted by molar-refractivity contribution is 0.0300. The average molecular weight is 329 g/mol. The Labute approximate surface area is 140 Å². The van der Waals surface area contributed by atoms with Gasteiger partial charge in [0.2, 0.25) is 5.91 Å². The molecule has 0 radical (unpaired) electrons. The number of ether oxygens (including phenoxy) is 1. The Morgan fingerprint density at radius 1 is 1.33 bits per heavy atom. The van der Waals surface area contributed by atoms with Crippen LogP contribution in [0.15, 0.2) is 42.6 Å². The number of carbonyl (C=O) groups excluding carboxylic acids is 1. The number of carbonyl (C=O) groups is 1. The Kier molecular flexibility index (Phi) is 5.05. The van der Waals surface area contributed by atoms with E-state index < -0.39 is 5.91 Å². The number of aromatic nitrogens is 1. The highest BCUT2D eigenvalue weighted by Gasteiger charge is 2.22. The van der Waals surface area contributed by atoms with Crippen LogP contribution < -0.4 is 10.6 Å². The van der Waals surface area contributed by atoms with Crippen molar-refractivity contribution >= 4 is 11.7 Å². The molecule has 5 nitrogen and oxygen atoms in total. The maximum atomic E-state index is 13.7. The van der Waals surface area contributed by atoms with Crippen LogP contribution in [-0.2, 0) is 11.3 Å². The van der Waals surface area contributed by atoms with E-state index in [9.17, 15) is 9.18 Å². The Hall–Kier alpha value is -2.47. The third-order valence-electron chi connectivity index (χ3n) is 4.17. The number of nitrogens with zero attached hydrogens (tertiary/aromatic N) is 2. The molecule has 2 aromatic rings. The number of primary amides is 1. The van der Waals surface area contributed by atoms with Gasteiger partial charge in [0.15, 0.2) is 0 Å². The van der Waals surface area contributed by atoms with Gasteiger partial charge in [0.05, 0.1) is 18.3 Å². The molecule has 1 saturated heterocycles. The van der Waals surface area contributed by atoms with Crippen molar-refractivity contribution in [3.05, 3.63) is 59.5 Å². The van der Waals surface area contributed by atoms with Crippen molar-refractivity contribution in [2.24, 2.45) is 5.73 Å². The number of rotatable bonds is 5. The van der Waals surface area contributed by atoms with E-state index in [-0.39, 0.29) is 18.5 Å². The number of halogens is 1. The smallest absolute Gasteiger partial charge is 0.250 e. The molecule has 1 aromatic heterocycles. The van der Waals surface area contributed by atoms with E-state index in [4.69, 9.17) is 10.5 Å². The van der Waals surface area contributed by atoms with Gasteiger partial charge < -0.3 is 15.4 Å². The molecule has 126 valence electrons. The summed E-state index contributed by atoms with van der Waals surface area (Å²) >= 11 is 0. The van der Waals surface area contributed by atoms with Crippen molar-refractivity contribution in [3.8, 4) is 0 Å². The monoisotopic (exact) mass is 329 g/mol. The number of hydrogen-bond donors (Lipinski definition) is 1. The SMILES string of the molecule is NC(=O)c1ccc(N2CCC[C@H](OCc3ccccc3F)C2)nc1. The summed E-state index contributed by atoms with van der Waals surface area (Å²) in [5.41, 5.74) is 6.19. The fraction of sp³-hybridized carbons (Fsp3) is 0.333. The predicted molar refractivity (Wildman–Crippen MR) is 89.2 cm³/mol. The van der Waals surface area contributed by atoms with Gasteiger partial charge in [0.25, 0.3) is 0 Å². The molecule has 0 spiro atoms. The highest BCUT2D eigenvalue weighted by Crippen LogP contribution is 2.21. The molecule has 3 rings (SSSR count). The van der Waals surface area contributed by atoms with Crippen LogP contribution in [0, 0.1) is 5.82 Å². The minimum atomic E-state index is -0.487. The number of anilines is 1. The molecule has 1 aliphatic heterocycles. The normalized spacial score (nSPS) is 17.7. The number of hydrogen-bond acceptors (Lipinski definition) is 4. The molecular weight excluding hydrogens is 309 g/mol. The Balaban J connectivity index is 1.60. The van der Waals surface area contributed by atoms with Crippen molar-refractivity contribution in [1.29, 1.82) is 0 Å². The van der Waals surface area contributed by atoms with E-state index >= 15 is 0 Å². The molecule has 0 bridgehead atoms. The maximum Gasteiger partial charge on any atom is 0.250 e. The molecule has 0 unspecified atom stereocenters. The van der Waals surface area contributed by atoms with Crippen LogP contribution in [0.5, 0.6) is 0 Å². The molecule has 1 aromatic carbocycles. The quantitative estimate of drug-likeness (QED) is 0.915. The van der Waals surface area contributed by atoms with Gasteiger partial charge in [-0.05, 0) is 31.0 Å². The molecule has 24 heavy (non-hydrogen) atoms. The van der Waals surface area contributed by atoms with Gasteiger partial charge in [0, 0.05) is 24.8 Å². The highest BCUT2D eigenvalue weighted by molar-refractivity contribution is 5.92. The Bertz CT molecular complexity index is 706. The number of amides is 1. The zero-order valence-electron chi connectivity index (χ0n) is 13.3. The molecule has 0 aliphatic carbocycles. The first-order valence-corrected chi connectivity index (χ1v) is 7.99. The van der Waals surface area contributed by atoms with Gasteiger partial charge in [0.1, 0.15) is 11.6 Å². The molecular formula is C18H20FN3O2. The van der Waals surface area contributed by atoms with Gasteiger partial charge in [-0.25, -0.2) is 9.37 Å². The second-order valence-corrected chi connectivity index (χ2v) is 5.88. The first-order valence-electron chi connectivity index (χ1n) is 7.99. The lowest BCUT2D eigenvalue weighted by Gasteiger charge is -2.33. The number of nitrogens with two attached hydrogens (primary N) is 1. The largest absolute Gasteiger partial charge is 0.372 e.